The zero-order valence-corrected chi connectivity index (χ0v) is 40.5. The van der Waals surface area contributed by atoms with E-state index in [1.54, 1.807) is 0 Å². The maximum absolute atomic E-state index is 13.2. The minimum atomic E-state index is -0.817. The Labute approximate surface area is 383 Å². The molecule has 0 aliphatic rings. The van der Waals surface area contributed by atoms with Crippen LogP contribution in [0.3, 0.4) is 0 Å². The molecule has 0 radical (unpaired) electrons. The number of amides is 1. The minimum Gasteiger partial charge on any atom is -0.461 e. The van der Waals surface area contributed by atoms with Crippen molar-refractivity contribution < 1.29 is 24.5 Å². The summed E-state index contributed by atoms with van der Waals surface area (Å²) < 4.78 is 5.86. The molecule has 3 N–H and O–H groups in total. The Bertz CT molecular complexity index is 1200. The summed E-state index contributed by atoms with van der Waals surface area (Å²) in [6.07, 6.45) is 63.7. The van der Waals surface area contributed by atoms with E-state index >= 15 is 0 Å². The first-order valence-corrected chi connectivity index (χ1v) is 25.8. The SMILES string of the molecule is CC/C=C\C/C=C\C/C=C\C/C=C\C/C=C\CC(CC(=O)NC(CO)C(O)CCCCCCCCCCCCCCCC)OC(=O)CCCCCCCCC/C=C/C/C=C/CC. The smallest absolute Gasteiger partial charge is 0.306 e. The zero-order chi connectivity index (χ0) is 45.2. The lowest BCUT2D eigenvalue weighted by Crippen LogP contribution is -2.46. The number of hydrogen-bond acceptors (Lipinski definition) is 5. The van der Waals surface area contributed by atoms with Gasteiger partial charge < -0.3 is 20.3 Å². The van der Waals surface area contributed by atoms with Crippen LogP contribution in [0, 0.1) is 0 Å². The van der Waals surface area contributed by atoms with Crippen LogP contribution in [0.5, 0.6) is 0 Å². The average Bonchev–Trinajstić information content (AvgIpc) is 3.26. The highest BCUT2D eigenvalue weighted by Gasteiger charge is 2.23. The maximum Gasteiger partial charge on any atom is 0.306 e. The van der Waals surface area contributed by atoms with Crippen LogP contribution in [0.1, 0.15) is 233 Å². The quantitative estimate of drug-likeness (QED) is 0.0322. The van der Waals surface area contributed by atoms with Crippen molar-refractivity contribution in [3.63, 3.8) is 0 Å². The molecular weight excluding hydrogens is 767 g/mol. The van der Waals surface area contributed by atoms with Gasteiger partial charge in [0.25, 0.3) is 0 Å². The average molecular weight is 864 g/mol. The van der Waals surface area contributed by atoms with Gasteiger partial charge in [-0.15, -0.1) is 0 Å². The lowest BCUT2D eigenvalue weighted by Gasteiger charge is -2.24. The number of unbranched alkanes of at least 4 members (excludes halogenated alkanes) is 20. The van der Waals surface area contributed by atoms with Crippen LogP contribution in [-0.4, -0.2) is 46.9 Å². The Morgan fingerprint density at radius 3 is 1.37 bits per heavy atom. The first kappa shape index (κ1) is 59.0. The van der Waals surface area contributed by atoms with Crippen molar-refractivity contribution in [3.05, 3.63) is 85.1 Å². The third kappa shape index (κ3) is 43.7. The Balaban J connectivity index is 4.72. The fourth-order valence-electron chi connectivity index (χ4n) is 7.37. The van der Waals surface area contributed by atoms with E-state index in [-0.39, 0.29) is 24.9 Å². The van der Waals surface area contributed by atoms with E-state index in [0.717, 1.165) is 89.9 Å². The maximum atomic E-state index is 13.2. The van der Waals surface area contributed by atoms with Gasteiger partial charge in [0.2, 0.25) is 5.91 Å². The Hall–Kier alpha value is -2.96. The molecule has 0 aliphatic heterocycles. The Morgan fingerprint density at radius 2 is 0.903 bits per heavy atom. The molecule has 62 heavy (non-hydrogen) atoms. The Kier molecular flexibility index (Phi) is 46.7. The van der Waals surface area contributed by atoms with E-state index in [4.69, 9.17) is 4.74 Å². The van der Waals surface area contributed by atoms with Gasteiger partial charge in [0.1, 0.15) is 6.10 Å². The number of esters is 1. The molecule has 356 valence electrons. The van der Waals surface area contributed by atoms with Gasteiger partial charge in [-0.1, -0.05) is 228 Å². The lowest BCUT2D eigenvalue weighted by atomic mass is 10.0. The van der Waals surface area contributed by atoms with E-state index in [0.29, 0.717) is 19.3 Å². The molecule has 3 unspecified atom stereocenters. The first-order valence-electron chi connectivity index (χ1n) is 25.8. The van der Waals surface area contributed by atoms with Gasteiger partial charge in [0, 0.05) is 12.8 Å². The molecule has 0 aromatic heterocycles. The summed E-state index contributed by atoms with van der Waals surface area (Å²) in [5.74, 6) is -0.592. The molecule has 6 heteroatoms. The molecule has 6 nitrogen and oxygen atoms in total. The van der Waals surface area contributed by atoms with Crippen molar-refractivity contribution in [2.75, 3.05) is 6.61 Å². The van der Waals surface area contributed by atoms with Crippen molar-refractivity contribution in [1.29, 1.82) is 0 Å². The summed E-state index contributed by atoms with van der Waals surface area (Å²) in [4.78, 5) is 26.1. The van der Waals surface area contributed by atoms with Crippen molar-refractivity contribution in [2.24, 2.45) is 0 Å². The molecular formula is C56H97NO5. The highest BCUT2D eigenvalue weighted by Crippen LogP contribution is 2.16. The predicted molar refractivity (Wildman–Crippen MR) is 268 cm³/mol. The summed E-state index contributed by atoms with van der Waals surface area (Å²) in [5.41, 5.74) is 0. The first-order chi connectivity index (χ1) is 30.5. The summed E-state index contributed by atoms with van der Waals surface area (Å²) in [5, 5.41) is 23.7. The fourth-order valence-corrected chi connectivity index (χ4v) is 7.37. The second kappa shape index (κ2) is 49.1. The largest absolute Gasteiger partial charge is 0.461 e. The van der Waals surface area contributed by atoms with Crippen LogP contribution >= 0.6 is 0 Å². The van der Waals surface area contributed by atoms with Crippen LogP contribution in [0.15, 0.2) is 85.1 Å². The van der Waals surface area contributed by atoms with E-state index < -0.39 is 18.2 Å². The van der Waals surface area contributed by atoms with Gasteiger partial charge in [0.05, 0.1) is 25.2 Å². The molecule has 0 saturated heterocycles. The third-order valence-electron chi connectivity index (χ3n) is 11.2. The summed E-state index contributed by atoms with van der Waals surface area (Å²) >= 11 is 0. The van der Waals surface area contributed by atoms with E-state index in [2.05, 4.69) is 99.0 Å². The molecule has 0 heterocycles. The number of hydrogen-bond donors (Lipinski definition) is 3. The molecule has 0 rings (SSSR count). The number of aliphatic hydroxyl groups is 2. The zero-order valence-electron chi connectivity index (χ0n) is 40.5. The van der Waals surface area contributed by atoms with Gasteiger partial charge in [0.15, 0.2) is 0 Å². The second-order valence-corrected chi connectivity index (χ2v) is 17.2. The van der Waals surface area contributed by atoms with Crippen LogP contribution in [0.25, 0.3) is 0 Å². The van der Waals surface area contributed by atoms with Crippen LogP contribution < -0.4 is 5.32 Å². The summed E-state index contributed by atoms with van der Waals surface area (Å²) in [6, 6.07) is -0.737. The number of aliphatic hydroxyl groups excluding tert-OH is 2. The molecule has 0 saturated carbocycles. The van der Waals surface area contributed by atoms with Crippen LogP contribution in [0.2, 0.25) is 0 Å². The summed E-state index contributed by atoms with van der Waals surface area (Å²) in [7, 11) is 0. The summed E-state index contributed by atoms with van der Waals surface area (Å²) in [6.45, 7) is 6.23. The second-order valence-electron chi connectivity index (χ2n) is 17.2. The van der Waals surface area contributed by atoms with Gasteiger partial charge >= 0.3 is 5.97 Å². The monoisotopic (exact) mass is 864 g/mol. The van der Waals surface area contributed by atoms with E-state index in [9.17, 15) is 19.8 Å². The topological polar surface area (TPSA) is 95.9 Å². The number of rotatable bonds is 45. The van der Waals surface area contributed by atoms with Crippen molar-refractivity contribution in [1.82, 2.24) is 5.32 Å². The molecule has 0 aromatic carbocycles. The molecule has 0 spiro atoms. The number of carbonyl (C=O) groups is 2. The van der Waals surface area contributed by atoms with Gasteiger partial charge in [-0.3, -0.25) is 9.59 Å². The van der Waals surface area contributed by atoms with Gasteiger partial charge in [-0.25, -0.2) is 0 Å². The van der Waals surface area contributed by atoms with Crippen LogP contribution in [0.4, 0.5) is 0 Å². The third-order valence-corrected chi connectivity index (χ3v) is 11.2. The normalized spacial score (nSPS) is 14.0. The lowest BCUT2D eigenvalue weighted by molar-refractivity contribution is -0.150. The highest BCUT2D eigenvalue weighted by atomic mass is 16.5. The molecule has 0 aliphatic carbocycles. The molecule has 3 atom stereocenters. The van der Waals surface area contributed by atoms with Gasteiger partial charge in [-0.2, -0.15) is 0 Å². The molecule has 0 bridgehead atoms. The van der Waals surface area contributed by atoms with Crippen LogP contribution in [-0.2, 0) is 14.3 Å². The Morgan fingerprint density at radius 1 is 0.500 bits per heavy atom. The predicted octanol–water partition coefficient (Wildman–Crippen LogP) is 15.6. The number of ether oxygens (including phenoxy) is 1. The van der Waals surface area contributed by atoms with E-state index in [1.165, 1.54) is 96.3 Å². The number of carbonyl (C=O) groups excluding carboxylic acids is 2. The van der Waals surface area contributed by atoms with E-state index in [1.807, 2.05) is 12.2 Å². The number of allylic oxidation sites excluding steroid dienone is 13. The standard InChI is InChI=1S/C56H97NO5/c1-4-7-10-13-16-19-22-25-28-29-32-35-38-41-44-47-52(62-56(61)49-46-43-40-37-34-31-27-24-21-18-15-12-9-6-3)50-55(60)57-53(51-58)54(59)48-45-42-39-36-33-30-26-23-20-17-14-11-8-5-2/h7,9-10,12,16,18-19,21,25,28,32,35,41,44,52-54,58-59H,4-6,8,11,13-15,17,20,22-24,26-27,29-31,33-34,36-40,42-43,45-51H2,1-3H3,(H,57,60)/b10-7-,12-9+,19-16-,21-18+,28-25-,35-32-,44-41-. The van der Waals surface area contributed by atoms with Gasteiger partial charge in [-0.05, 0) is 70.6 Å². The van der Waals surface area contributed by atoms with Crippen molar-refractivity contribution in [2.45, 2.75) is 251 Å². The molecule has 0 aromatic rings. The van der Waals surface area contributed by atoms with Crippen molar-refractivity contribution in [3.8, 4) is 0 Å². The highest BCUT2D eigenvalue weighted by molar-refractivity contribution is 5.77. The molecule has 1 amide bonds. The minimum absolute atomic E-state index is 0.00718. The fraction of sp³-hybridized carbons (Fsp3) is 0.714. The van der Waals surface area contributed by atoms with Crippen molar-refractivity contribution >= 4 is 11.9 Å². The number of nitrogens with one attached hydrogen (secondary N) is 1. The molecule has 0 fully saturated rings.